The van der Waals surface area contributed by atoms with Crippen LogP contribution in [-0.4, -0.2) is 39.7 Å². The molecule has 0 saturated heterocycles. The van der Waals surface area contributed by atoms with Gasteiger partial charge in [-0.25, -0.2) is 0 Å². The molecule has 2 unspecified atom stereocenters. The van der Waals surface area contributed by atoms with E-state index in [1.807, 2.05) is 0 Å². The molecule has 0 aromatic carbocycles. The van der Waals surface area contributed by atoms with Crippen LogP contribution in [-0.2, 0) is 32.9 Å². The Morgan fingerprint density at radius 3 is 2.41 bits per heavy atom. The molecule has 0 aliphatic heterocycles. The lowest BCUT2D eigenvalue weighted by molar-refractivity contribution is -0.143. The minimum atomic E-state index is -3.99. The highest BCUT2D eigenvalue weighted by molar-refractivity contribution is 7.87. The molecule has 0 N–H and O–H groups in total. The molecule has 0 fully saturated rings. The Morgan fingerprint density at radius 1 is 1.41 bits per heavy atom. The van der Waals surface area contributed by atoms with E-state index in [2.05, 4.69) is 8.92 Å². The van der Waals surface area contributed by atoms with Gasteiger partial charge in [-0.1, -0.05) is 0 Å². The molecule has 0 aromatic rings. The highest BCUT2D eigenvalue weighted by atomic mass is 32.2. The molecule has 0 aromatic heterocycles. The molecule has 0 heterocycles. The van der Waals surface area contributed by atoms with E-state index in [4.69, 9.17) is 4.52 Å². The van der Waals surface area contributed by atoms with Crippen LogP contribution in [0.1, 0.15) is 20.3 Å². The molecule has 0 saturated carbocycles. The van der Waals surface area contributed by atoms with Crippen LogP contribution < -0.4 is 0 Å². The number of esters is 1. The maximum absolute atomic E-state index is 11.4. The first-order valence-corrected chi connectivity index (χ1v) is 7.95. The van der Waals surface area contributed by atoms with Gasteiger partial charge < -0.3 is 9.26 Å². The summed E-state index contributed by atoms with van der Waals surface area (Å²) in [5.41, 5.74) is -1.44. The quantitative estimate of drug-likeness (QED) is 0.369. The van der Waals surface area contributed by atoms with Crippen LogP contribution in [0.15, 0.2) is 0 Å². The molecule has 0 radical (unpaired) electrons. The third-order valence-electron chi connectivity index (χ3n) is 1.74. The first kappa shape index (κ1) is 16.6. The summed E-state index contributed by atoms with van der Waals surface area (Å²) in [6, 6.07) is 0. The smallest absolute Gasteiger partial charge is 0.305 e. The van der Waals surface area contributed by atoms with Crippen LogP contribution in [0.5, 0.6) is 0 Å². The summed E-state index contributed by atoms with van der Waals surface area (Å²) >= 11 is 0. The number of rotatable bonds is 8. The number of hydrogen-bond acceptors (Lipinski definition) is 7. The highest BCUT2D eigenvalue weighted by Crippen LogP contribution is 2.25. The molecule has 102 valence electrons. The Morgan fingerprint density at radius 2 is 2.00 bits per heavy atom. The largest absolute Gasteiger partial charge is 0.443 e. The first-order valence-electron chi connectivity index (χ1n) is 4.95. The number of carbonyl (C=O) groups is 1. The lowest BCUT2D eigenvalue weighted by atomic mass is 10.5. The van der Waals surface area contributed by atoms with E-state index in [1.54, 1.807) is 6.92 Å². The van der Waals surface area contributed by atoms with Crippen molar-refractivity contribution >= 4 is 24.1 Å². The molecule has 0 aliphatic carbocycles. The standard InChI is InChI=1S/C8H17O7PS/c1-4-14-16(10)6-5-8(15-7(2)9)17(11,12)13-3/h8,16H,4-6H2,1-3H3. The van der Waals surface area contributed by atoms with E-state index in [9.17, 15) is 17.8 Å². The van der Waals surface area contributed by atoms with Crippen molar-refractivity contribution in [3.05, 3.63) is 0 Å². The molecule has 7 nitrogen and oxygen atoms in total. The average molecular weight is 288 g/mol. The summed E-state index contributed by atoms with van der Waals surface area (Å²) in [6.07, 6.45) is -0.105. The lowest BCUT2D eigenvalue weighted by Gasteiger charge is -2.15. The third-order valence-corrected chi connectivity index (χ3v) is 4.49. The van der Waals surface area contributed by atoms with Crippen molar-refractivity contribution in [3.63, 3.8) is 0 Å². The van der Waals surface area contributed by atoms with E-state index in [0.29, 0.717) is 0 Å². The Balaban J connectivity index is 4.51. The summed E-state index contributed by atoms with van der Waals surface area (Å²) in [5, 5.41) is 0. The fourth-order valence-corrected chi connectivity index (χ4v) is 3.07. The van der Waals surface area contributed by atoms with Gasteiger partial charge in [0.1, 0.15) is 0 Å². The molecular weight excluding hydrogens is 271 g/mol. The number of carbonyl (C=O) groups excluding carboxylic acids is 1. The van der Waals surface area contributed by atoms with Gasteiger partial charge in [-0.2, -0.15) is 8.42 Å². The minimum Gasteiger partial charge on any atom is -0.443 e. The van der Waals surface area contributed by atoms with Gasteiger partial charge in [-0.05, 0) is 6.92 Å². The van der Waals surface area contributed by atoms with Crippen molar-refractivity contribution < 1.29 is 31.2 Å². The molecule has 0 amide bonds. The van der Waals surface area contributed by atoms with Crippen molar-refractivity contribution in [3.8, 4) is 0 Å². The van der Waals surface area contributed by atoms with Crippen LogP contribution in [0.25, 0.3) is 0 Å². The van der Waals surface area contributed by atoms with Gasteiger partial charge >= 0.3 is 16.1 Å². The summed E-state index contributed by atoms with van der Waals surface area (Å²) in [5.74, 6) is -0.744. The van der Waals surface area contributed by atoms with Gasteiger partial charge in [0.25, 0.3) is 0 Å². The van der Waals surface area contributed by atoms with E-state index in [-0.39, 0.29) is 19.2 Å². The van der Waals surface area contributed by atoms with Gasteiger partial charge in [0, 0.05) is 19.5 Å². The second-order valence-corrected chi connectivity index (χ2v) is 6.42. The highest BCUT2D eigenvalue weighted by Gasteiger charge is 2.28. The minimum absolute atomic E-state index is 0.0129. The maximum atomic E-state index is 11.4. The molecule has 2 atom stereocenters. The van der Waals surface area contributed by atoms with E-state index >= 15 is 0 Å². The molecule has 9 heteroatoms. The van der Waals surface area contributed by atoms with E-state index < -0.39 is 29.6 Å². The summed E-state index contributed by atoms with van der Waals surface area (Å²) in [6.45, 7) is 3.05. The van der Waals surface area contributed by atoms with Gasteiger partial charge in [0.2, 0.25) is 5.44 Å². The fraction of sp³-hybridized carbons (Fsp3) is 0.875. The monoisotopic (exact) mass is 288 g/mol. The fourth-order valence-electron chi connectivity index (χ4n) is 1.02. The lowest BCUT2D eigenvalue weighted by Crippen LogP contribution is -2.28. The zero-order valence-corrected chi connectivity index (χ0v) is 11.8. The van der Waals surface area contributed by atoms with Crippen molar-refractivity contribution in [1.29, 1.82) is 0 Å². The summed E-state index contributed by atoms with van der Waals surface area (Å²) < 4.78 is 47.7. The Kier molecular flexibility index (Phi) is 7.61. The molecule has 0 rings (SSSR count). The summed E-state index contributed by atoms with van der Waals surface area (Å²) in [7, 11) is -5.32. The molecular formula is C8H17O7PS. The van der Waals surface area contributed by atoms with Crippen molar-refractivity contribution in [2.24, 2.45) is 0 Å². The van der Waals surface area contributed by atoms with Crippen LogP contribution >= 0.6 is 8.03 Å². The molecule has 0 spiro atoms. The summed E-state index contributed by atoms with van der Waals surface area (Å²) in [4.78, 5) is 10.7. The Labute approximate surface area is 101 Å². The normalized spacial score (nSPS) is 15.2. The van der Waals surface area contributed by atoms with Crippen LogP contribution in [0.3, 0.4) is 0 Å². The SMILES string of the molecule is CCO[PH](=O)CCC(OC(C)=O)S(=O)(=O)OC. The topological polar surface area (TPSA) is 96.0 Å². The first-order chi connectivity index (χ1) is 7.83. The zero-order valence-electron chi connectivity index (χ0n) is 9.96. The third kappa shape index (κ3) is 6.78. The maximum Gasteiger partial charge on any atom is 0.305 e. The van der Waals surface area contributed by atoms with Crippen LogP contribution in [0.4, 0.5) is 0 Å². The Bertz CT molecular complexity index is 364. The second kappa shape index (κ2) is 7.81. The van der Waals surface area contributed by atoms with Gasteiger partial charge in [-0.15, -0.1) is 0 Å². The van der Waals surface area contributed by atoms with Crippen LogP contribution in [0, 0.1) is 0 Å². The van der Waals surface area contributed by atoms with Gasteiger partial charge in [0.05, 0.1) is 13.7 Å². The van der Waals surface area contributed by atoms with Crippen molar-refractivity contribution in [1.82, 2.24) is 0 Å². The van der Waals surface area contributed by atoms with Crippen LogP contribution in [0.2, 0.25) is 0 Å². The van der Waals surface area contributed by atoms with Gasteiger partial charge in [-0.3, -0.25) is 13.5 Å². The van der Waals surface area contributed by atoms with Crippen molar-refractivity contribution in [2.75, 3.05) is 19.9 Å². The predicted octanol–water partition coefficient (Wildman–Crippen LogP) is 0.753. The number of ether oxygens (including phenoxy) is 1. The van der Waals surface area contributed by atoms with E-state index in [0.717, 1.165) is 14.0 Å². The van der Waals surface area contributed by atoms with Gasteiger partial charge in [0.15, 0.2) is 8.03 Å². The van der Waals surface area contributed by atoms with Crippen molar-refractivity contribution in [2.45, 2.75) is 25.7 Å². The number of hydrogen-bond donors (Lipinski definition) is 0. The predicted molar refractivity (Wildman–Crippen MR) is 61.6 cm³/mol. The Hall–Kier alpha value is -0.430. The second-order valence-electron chi connectivity index (χ2n) is 3.04. The van der Waals surface area contributed by atoms with E-state index in [1.165, 1.54) is 0 Å². The average Bonchev–Trinajstić information content (AvgIpc) is 2.24. The molecule has 0 bridgehead atoms. The zero-order chi connectivity index (χ0) is 13.5. The molecule has 17 heavy (non-hydrogen) atoms. The molecule has 0 aliphatic rings.